The van der Waals surface area contributed by atoms with Gasteiger partial charge in [-0.1, -0.05) is 0 Å². The normalized spacial score (nSPS) is 11.0. The largest absolute Gasteiger partial charge is 0.494 e. The summed E-state index contributed by atoms with van der Waals surface area (Å²) < 4.78 is 7.59. The Labute approximate surface area is 119 Å². The van der Waals surface area contributed by atoms with Crippen LogP contribution in [-0.2, 0) is 11.3 Å². The van der Waals surface area contributed by atoms with E-state index < -0.39 is 0 Å². The molecular formula is C16H22N2O2. The minimum atomic E-state index is 0.0905. The Hall–Kier alpha value is -1.97. The average molecular weight is 274 g/mol. The van der Waals surface area contributed by atoms with Crippen LogP contribution in [0, 0.1) is 0 Å². The van der Waals surface area contributed by atoms with Crippen molar-refractivity contribution in [3.8, 4) is 5.75 Å². The minimum absolute atomic E-state index is 0.0905. The molecule has 0 spiro atoms. The smallest absolute Gasteiger partial charge is 0.221 e. The lowest BCUT2D eigenvalue weighted by atomic mass is 10.2. The monoisotopic (exact) mass is 274 g/mol. The maximum atomic E-state index is 11.7. The zero-order valence-corrected chi connectivity index (χ0v) is 12.3. The van der Waals surface area contributed by atoms with Gasteiger partial charge in [0, 0.05) is 36.1 Å². The van der Waals surface area contributed by atoms with Gasteiger partial charge in [0.2, 0.25) is 5.91 Å². The summed E-state index contributed by atoms with van der Waals surface area (Å²) in [5.74, 6) is 0.975. The van der Waals surface area contributed by atoms with Crippen LogP contribution in [0.4, 0.5) is 0 Å². The van der Waals surface area contributed by atoms with Crippen LogP contribution in [0.25, 0.3) is 10.9 Å². The molecular weight excluding hydrogens is 252 g/mol. The molecule has 1 amide bonds. The van der Waals surface area contributed by atoms with Crippen molar-refractivity contribution in [1.29, 1.82) is 0 Å². The second-order valence-corrected chi connectivity index (χ2v) is 5.13. The van der Waals surface area contributed by atoms with E-state index in [0.29, 0.717) is 19.6 Å². The van der Waals surface area contributed by atoms with Gasteiger partial charge in [0.15, 0.2) is 0 Å². The second-order valence-electron chi connectivity index (χ2n) is 5.13. The molecule has 0 saturated heterocycles. The van der Waals surface area contributed by atoms with Gasteiger partial charge in [-0.3, -0.25) is 4.79 Å². The Morgan fingerprint density at radius 3 is 2.85 bits per heavy atom. The van der Waals surface area contributed by atoms with Crippen LogP contribution >= 0.6 is 0 Å². The van der Waals surface area contributed by atoms with E-state index in [0.717, 1.165) is 16.7 Å². The molecule has 0 bridgehead atoms. The summed E-state index contributed by atoms with van der Waals surface area (Å²) in [6.45, 7) is 7.27. The highest BCUT2D eigenvalue weighted by Gasteiger charge is 2.06. The third kappa shape index (κ3) is 3.53. The van der Waals surface area contributed by atoms with Crippen molar-refractivity contribution < 1.29 is 9.53 Å². The van der Waals surface area contributed by atoms with Crippen molar-refractivity contribution in [3.05, 3.63) is 30.5 Å². The van der Waals surface area contributed by atoms with E-state index in [1.54, 1.807) is 0 Å². The standard InChI is InChI=1S/C16H22N2O2/c1-4-20-14-5-6-15-13(11-14)7-9-18(15)10-8-16(19)17-12(2)3/h5-7,9,11-12H,4,8,10H2,1-3H3,(H,17,19). The van der Waals surface area contributed by atoms with Crippen LogP contribution in [0.2, 0.25) is 0 Å². The molecule has 1 aromatic carbocycles. The van der Waals surface area contributed by atoms with Gasteiger partial charge < -0.3 is 14.6 Å². The minimum Gasteiger partial charge on any atom is -0.494 e. The van der Waals surface area contributed by atoms with E-state index in [1.165, 1.54) is 0 Å². The highest BCUT2D eigenvalue weighted by atomic mass is 16.5. The molecule has 4 heteroatoms. The van der Waals surface area contributed by atoms with Crippen LogP contribution in [0.15, 0.2) is 30.5 Å². The molecule has 0 aliphatic carbocycles. The van der Waals surface area contributed by atoms with Gasteiger partial charge in [0.25, 0.3) is 0 Å². The summed E-state index contributed by atoms with van der Waals surface area (Å²) in [6.07, 6.45) is 2.51. The number of amides is 1. The lowest BCUT2D eigenvalue weighted by molar-refractivity contribution is -0.121. The summed E-state index contributed by atoms with van der Waals surface area (Å²) in [5.41, 5.74) is 1.13. The Morgan fingerprint density at radius 1 is 1.35 bits per heavy atom. The third-order valence-corrected chi connectivity index (χ3v) is 3.08. The van der Waals surface area contributed by atoms with Crippen LogP contribution in [0.3, 0.4) is 0 Å². The molecule has 0 aliphatic rings. The Kier molecular flexibility index (Phi) is 4.66. The summed E-state index contributed by atoms with van der Waals surface area (Å²) in [7, 11) is 0. The number of fused-ring (bicyclic) bond motifs is 1. The number of rotatable bonds is 6. The lowest BCUT2D eigenvalue weighted by Gasteiger charge is -2.09. The molecule has 2 rings (SSSR count). The van der Waals surface area contributed by atoms with Crippen LogP contribution < -0.4 is 10.1 Å². The number of aryl methyl sites for hydroxylation is 1. The van der Waals surface area contributed by atoms with Gasteiger partial charge in [-0.25, -0.2) is 0 Å². The van der Waals surface area contributed by atoms with Crippen LogP contribution in [-0.4, -0.2) is 23.1 Å². The number of aromatic nitrogens is 1. The Morgan fingerprint density at radius 2 is 2.15 bits per heavy atom. The topological polar surface area (TPSA) is 43.3 Å². The van der Waals surface area contributed by atoms with Crippen LogP contribution in [0.1, 0.15) is 27.2 Å². The molecule has 4 nitrogen and oxygen atoms in total. The molecule has 0 aliphatic heterocycles. The summed E-state index contributed by atoms with van der Waals surface area (Å²) in [5, 5.41) is 4.05. The first kappa shape index (κ1) is 14.4. The number of nitrogens with one attached hydrogen (secondary N) is 1. The number of hydrogen-bond donors (Lipinski definition) is 1. The number of carbonyl (C=O) groups excluding carboxylic acids is 1. The number of hydrogen-bond acceptors (Lipinski definition) is 2. The molecule has 20 heavy (non-hydrogen) atoms. The van der Waals surface area contributed by atoms with E-state index >= 15 is 0 Å². The Balaban J connectivity index is 2.06. The SMILES string of the molecule is CCOc1ccc2c(ccn2CCC(=O)NC(C)C)c1. The van der Waals surface area contributed by atoms with Gasteiger partial charge in [-0.05, 0) is 45.0 Å². The molecule has 0 saturated carbocycles. The summed E-state index contributed by atoms with van der Waals surface area (Å²) >= 11 is 0. The number of nitrogens with zero attached hydrogens (tertiary/aromatic N) is 1. The van der Waals surface area contributed by atoms with E-state index in [9.17, 15) is 4.79 Å². The zero-order valence-electron chi connectivity index (χ0n) is 12.3. The molecule has 108 valence electrons. The van der Waals surface area contributed by atoms with E-state index in [-0.39, 0.29) is 11.9 Å². The van der Waals surface area contributed by atoms with Crippen molar-refractivity contribution >= 4 is 16.8 Å². The maximum Gasteiger partial charge on any atom is 0.221 e. The molecule has 2 aromatic rings. The Bertz CT molecular complexity index is 587. The van der Waals surface area contributed by atoms with Gasteiger partial charge in [0.05, 0.1) is 6.61 Å². The van der Waals surface area contributed by atoms with E-state index in [2.05, 4.69) is 16.0 Å². The fourth-order valence-electron chi connectivity index (χ4n) is 2.25. The van der Waals surface area contributed by atoms with Gasteiger partial charge in [0.1, 0.15) is 5.75 Å². The quantitative estimate of drug-likeness (QED) is 0.880. The fourth-order valence-corrected chi connectivity index (χ4v) is 2.25. The zero-order chi connectivity index (χ0) is 14.5. The lowest BCUT2D eigenvalue weighted by Crippen LogP contribution is -2.30. The second kappa shape index (κ2) is 6.46. The predicted octanol–water partition coefficient (Wildman–Crippen LogP) is 2.95. The molecule has 0 fully saturated rings. The average Bonchev–Trinajstić information content (AvgIpc) is 2.78. The first-order chi connectivity index (χ1) is 9.60. The van der Waals surface area contributed by atoms with Crippen molar-refractivity contribution in [3.63, 3.8) is 0 Å². The number of ether oxygens (including phenoxy) is 1. The highest BCUT2D eigenvalue weighted by Crippen LogP contribution is 2.22. The van der Waals surface area contributed by atoms with E-state index in [4.69, 9.17) is 4.74 Å². The third-order valence-electron chi connectivity index (χ3n) is 3.08. The number of carbonyl (C=O) groups is 1. The van der Waals surface area contributed by atoms with E-state index in [1.807, 2.05) is 45.2 Å². The fraction of sp³-hybridized carbons (Fsp3) is 0.438. The predicted molar refractivity (Wildman–Crippen MR) is 81.0 cm³/mol. The van der Waals surface area contributed by atoms with Gasteiger partial charge in [-0.2, -0.15) is 0 Å². The summed E-state index contributed by atoms with van der Waals surface area (Å²) in [4.78, 5) is 11.7. The van der Waals surface area contributed by atoms with Crippen molar-refractivity contribution in [2.24, 2.45) is 0 Å². The molecule has 1 N–H and O–H groups in total. The summed E-state index contributed by atoms with van der Waals surface area (Å²) in [6, 6.07) is 8.29. The maximum absolute atomic E-state index is 11.7. The molecule has 0 radical (unpaired) electrons. The molecule has 0 unspecified atom stereocenters. The molecule has 1 heterocycles. The highest BCUT2D eigenvalue weighted by molar-refractivity contribution is 5.82. The van der Waals surface area contributed by atoms with Crippen molar-refractivity contribution in [2.45, 2.75) is 39.8 Å². The van der Waals surface area contributed by atoms with Crippen molar-refractivity contribution in [1.82, 2.24) is 9.88 Å². The molecule has 1 aromatic heterocycles. The van der Waals surface area contributed by atoms with Gasteiger partial charge >= 0.3 is 0 Å². The first-order valence-electron chi connectivity index (χ1n) is 7.11. The first-order valence-corrected chi connectivity index (χ1v) is 7.11. The number of benzene rings is 1. The van der Waals surface area contributed by atoms with Crippen LogP contribution in [0.5, 0.6) is 5.75 Å². The van der Waals surface area contributed by atoms with Crippen molar-refractivity contribution in [2.75, 3.05) is 6.61 Å². The molecule has 0 atom stereocenters. The van der Waals surface area contributed by atoms with Gasteiger partial charge in [-0.15, -0.1) is 0 Å².